The van der Waals surface area contributed by atoms with Crippen LogP contribution in [0.15, 0.2) is 24.3 Å². The minimum Gasteiger partial charge on any atom is -0.493 e. The zero-order valence-corrected chi connectivity index (χ0v) is 13.6. The van der Waals surface area contributed by atoms with Crippen molar-refractivity contribution in [2.75, 3.05) is 27.2 Å². The fourth-order valence-electron chi connectivity index (χ4n) is 3.92. The molecule has 1 N–H and O–H groups in total. The molecule has 1 saturated carbocycles. The summed E-state index contributed by atoms with van der Waals surface area (Å²) < 4.78 is 5.86. The SMILES string of the molecule is CC1COc2ccccc2C1NCC1(N(C)C)CCCC1. The molecule has 2 unspecified atom stereocenters. The van der Waals surface area contributed by atoms with Crippen molar-refractivity contribution in [3.05, 3.63) is 29.8 Å². The zero-order chi connectivity index (χ0) is 14.9. The van der Waals surface area contributed by atoms with Gasteiger partial charge in [-0.3, -0.25) is 0 Å². The van der Waals surface area contributed by atoms with Crippen molar-refractivity contribution in [1.82, 2.24) is 10.2 Å². The third kappa shape index (κ3) is 2.82. The second-order valence-electron chi connectivity index (χ2n) is 7.01. The van der Waals surface area contributed by atoms with Crippen molar-refractivity contribution in [3.8, 4) is 5.75 Å². The summed E-state index contributed by atoms with van der Waals surface area (Å²) in [5, 5.41) is 3.87. The van der Waals surface area contributed by atoms with Crippen LogP contribution in [0.25, 0.3) is 0 Å². The molecule has 21 heavy (non-hydrogen) atoms. The van der Waals surface area contributed by atoms with Crippen LogP contribution in [0.5, 0.6) is 5.75 Å². The molecular formula is C18H28N2O. The maximum absolute atomic E-state index is 5.86. The standard InChI is InChI=1S/C18H28N2O/c1-14-12-21-16-9-5-4-8-15(16)17(14)19-13-18(20(2)3)10-6-7-11-18/h4-5,8-9,14,17,19H,6-7,10-13H2,1-3H3. The summed E-state index contributed by atoms with van der Waals surface area (Å²) in [7, 11) is 4.46. The first-order chi connectivity index (χ1) is 10.1. The number of fused-ring (bicyclic) bond motifs is 1. The first-order valence-corrected chi connectivity index (χ1v) is 8.25. The number of nitrogens with one attached hydrogen (secondary N) is 1. The van der Waals surface area contributed by atoms with Gasteiger partial charge < -0.3 is 15.0 Å². The van der Waals surface area contributed by atoms with E-state index in [2.05, 4.69) is 55.5 Å². The summed E-state index contributed by atoms with van der Waals surface area (Å²) in [5.74, 6) is 1.57. The van der Waals surface area contributed by atoms with Crippen LogP contribution in [0.3, 0.4) is 0 Å². The summed E-state index contributed by atoms with van der Waals surface area (Å²) in [6, 6.07) is 8.88. The summed E-state index contributed by atoms with van der Waals surface area (Å²) >= 11 is 0. The first-order valence-electron chi connectivity index (χ1n) is 8.25. The predicted molar refractivity (Wildman–Crippen MR) is 86.7 cm³/mol. The van der Waals surface area contributed by atoms with E-state index < -0.39 is 0 Å². The van der Waals surface area contributed by atoms with Crippen molar-refractivity contribution in [2.45, 2.75) is 44.2 Å². The van der Waals surface area contributed by atoms with E-state index in [4.69, 9.17) is 4.74 Å². The van der Waals surface area contributed by atoms with E-state index in [-0.39, 0.29) is 0 Å². The number of nitrogens with zero attached hydrogens (tertiary/aromatic N) is 1. The number of ether oxygens (including phenoxy) is 1. The molecule has 0 amide bonds. The average molecular weight is 288 g/mol. The minimum absolute atomic E-state index is 0.340. The number of benzene rings is 1. The topological polar surface area (TPSA) is 24.5 Å². The molecule has 1 aliphatic carbocycles. The fraction of sp³-hybridized carbons (Fsp3) is 0.667. The number of rotatable bonds is 4. The van der Waals surface area contributed by atoms with Gasteiger partial charge in [0.25, 0.3) is 0 Å². The van der Waals surface area contributed by atoms with Crippen molar-refractivity contribution < 1.29 is 4.74 Å². The van der Waals surface area contributed by atoms with E-state index in [0.717, 1.165) is 18.9 Å². The Labute approximate surface area is 128 Å². The van der Waals surface area contributed by atoms with Gasteiger partial charge in [0.1, 0.15) is 5.75 Å². The van der Waals surface area contributed by atoms with E-state index in [1.807, 2.05) is 0 Å². The Hall–Kier alpha value is -1.06. The molecule has 0 bridgehead atoms. The molecule has 1 fully saturated rings. The van der Waals surface area contributed by atoms with Gasteiger partial charge in [0.15, 0.2) is 0 Å². The molecule has 3 heteroatoms. The molecule has 0 radical (unpaired) electrons. The summed E-state index contributed by atoms with van der Waals surface area (Å²) in [6.45, 7) is 4.16. The minimum atomic E-state index is 0.340. The molecule has 3 nitrogen and oxygen atoms in total. The van der Waals surface area contributed by atoms with Gasteiger partial charge in [-0.15, -0.1) is 0 Å². The van der Waals surface area contributed by atoms with E-state index in [1.165, 1.54) is 31.2 Å². The van der Waals surface area contributed by atoms with Gasteiger partial charge in [0.2, 0.25) is 0 Å². The molecule has 1 heterocycles. The van der Waals surface area contributed by atoms with Gasteiger partial charge in [0, 0.05) is 29.6 Å². The maximum Gasteiger partial charge on any atom is 0.124 e. The molecule has 2 atom stereocenters. The van der Waals surface area contributed by atoms with Gasteiger partial charge in [0.05, 0.1) is 6.61 Å². The third-order valence-corrected chi connectivity index (χ3v) is 5.46. The summed E-state index contributed by atoms with van der Waals surface area (Å²) in [4.78, 5) is 2.43. The Bertz CT molecular complexity index is 480. The smallest absolute Gasteiger partial charge is 0.124 e. The fourth-order valence-corrected chi connectivity index (χ4v) is 3.92. The maximum atomic E-state index is 5.86. The zero-order valence-electron chi connectivity index (χ0n) is 13.6. The van der Waals surface area contributed by atoms with Gasteiger partial charge in [-0.2, -0.15) is 0 Å². The molecule has 116 valence electrons. The molecule has 3 rings (SSSR count). The van der Waals surface area contributed by atoms with Crippen LogP contribution < -0.4 is 10.1 Å². The lowest BCUT2D eigenvalue weighted by Gasteiger charge is -2.40. The van der Waals surface area contributed by atoms with Gasteiger partial charge in [-0.1, -0.05) is 38.0 Å². The van der Waals surface area contributed by atoms with Crippen LogP contribution in [-0.2, 0) is 0 Å². The van der Waals surface area contributed by atoms with Crippen LogP contribution in [0.4, 0.5) is 0 Å². The van der Waals surface area contributed by atoms with E-state index in [1.54, 1.807) is 0 Å². The van der Waals surface area contributed by atoms with Crippen LogP contribution >= 0.6 is 0 Å². The second kappa shape index (κ2) is 5.98. The molecular weight excluding hydrogens is 260 g/mol. The lowest BCUT2D eigenvalue weighted by molar-refractivity contribution is 0.129. The molecule has 0 spiro atoms. The highest BCUT2D eigenvalue weighted by Crippen LogP contribution is 2.37. The molecule has 1 aliphatic heterocycles. The van der Waals surface area contributed by atoms with Gasteiger partial charge in [-0.25, -0.2) is 0 Å². The highest BCUT2D eigenvalue weighted by atomic mass is 16.5. The molecule has 2 aliphatic rings. The summed E-state index contributed by atoms with van der Waals surface area (Å²) in [6.07, 6.45) is 5.35. The first kappa shape index (κ1) is 14.9. The normalized spacial score (nSPS) is 27.4. The Morgan fingerprint density at radius 3 is 2.67 bits per heavy atom. The van der Waals surface area contributed by atoms with Gasteiger partial charge >= 0.3 is 0 Å². The van der Waals surface area contributed by atoms with Crippen molar-refractivity contribution in [1.29, 1.82) is 0 Å². The lowest BCUT2D eigenvalue weighted by atomic mass is 9.89. The van der Waals surface area contributed by atoms with Crippen LogP contribution in [0.2, 0.25) is 0 Å². The molecule has 1 aromatic carbocycles. The summed E-state index contributed by atoms with van der Waals surface area (Å²) in [5.41, 5.74) is 1.66. The highest BCUT2D eigenvalue weighted by molar-refractivity contribution is 5.38. The second-order valence-corrected chi connectivity index (χ2v) is 7.01. The predicted octanol–water partition coefficient (Wildman–Crippen LogP) is 3.22. The quantitative estimate of drug-likeness (QED) is 0.920. The molecule has 1 aromatic rings. The van der Waals surface area contributed by atoms with Crippen molar-refractivity contribution >= 4 is 0 Å². The number of para-hydroxylation sites is 1. The Balaban J connectivity index is 1.75. The number of hydrogen-bond donors (Lipinski definition) is 1. The molecule has 0 aromatic heterocycles. The van der Waals surface area contributed by atoms with E-state index in [9.17, 15) is 0 Å². The number of likely N-dealkylation sites (N-methyl/N-ethyl adjacent to an activating group) is 1. The van der Waals surface area contributed by atoms with E-state index in [0.29, 0.717) is 17.5 Å². The average Bonchev–Trinajstić information content (AvgIpc) is 2.96. The van der Waals surface area contributed by atoms with Crippen LogP contribution in [0.1, 0.15) is 44.2 Å². The largest absolute Gasteiger partial charge is 0.493 e. The van der Waals surface area contributed by atoms with Crippen LogP contribution in [0, 0.1) is 5.92 Å². The van der Waals surface area contributed by atoms with E-state index >= 15 is 0 Å². The lowest BCUT2D eigenvalue weighted by Crippen LogP contribution is -2.51. The third-order valence-electron chi connectivity index (χ3n) is 5.46. The number of hydrogen-bond acceptors (Lipinski definition) is 3. The Kier molecular flexibility index (Phi) is 4.23. The van der Waals surface area contributed by atoms with Crippen molar-refractivity contribution in [3.63, 3.8) is 0 Å². The molecule has 0 saturated heterocycles. The Morgan fingerprint density at radius 1 is 1.24 bits per heavy atom. The van der Waals surface area contributed by atoms with Crippen LogP contribution in [-0.4, -0.2) is 37.7 Å². The Morgan fingerprint density at radius 2 is 1.95 bits per heavy atom. The van der Waals surface area contributed by atoms with Gasteiger partial charge in [-0.05, 0) is 33.0 Å². The van der Waals surface area contributed by atoms with Crippen molar-refractivity contribution in [2.24, 2.45) is 5.92 Å². The highest BCUT2D eigenvalue weighted by Gasteiger charge is 2.37. The monoisotopic (exact) mass is 288 g/mol.